The molecule has 1 saturated heterocycles. The van der Waals surface area contributed by atoms with Crippen LogP contribution in [0.3, 0.4) is 0 Å². The molecule has 1 N–H and O–H groups in total. The van der Waals surface area contributed by atoms with E-state index in [1.807, 2.05) is 0 Å². The van der Waals surface area contributed by atoms with Gasteiger partial charge in [0.1, 0.15) is 5.75 Å². The fourth-order valence-electron chi connectivity index (χ4n) is 2.41. The van der Waals surface area contributed by atoms with E-state index in [1.165, 1.54) is 18.5 Å². The lowest BCUT2D eigenvalue weighted by Gasteiger charge is -2.29. The molecule has 1 aromatic carbocycles. The van der Waals surface area contributed by atoms with E-state index in [-0.39, 0.29) is 0 Å². The summed E-state index contributed by atoms with van der Waals surface area (Å²) >= 11 is 0. The largest absolute Gasteiger partial charge is 0.493 e. The summed E-state index contributed by atoms with van der Waals surface area (Å²) < 4.78 is 5.86. The van der Waals surface area contributed by atoms with Gasteiger partial charge >= 0.3 is 0 Å². The first-order chi connectivity index (χ1) is 9.33. The van der Waals surface area contributed by atoms with Crippen molar-refractivity contribution < 1.29 is 4.74 Å². The number of anilines is 1. The Kier molecular flexibility index (Phi) is 5.52. The topological polar surface area (TPSA) is 24.5 Å². The molecule has 0 atom stereocenters. The first-order valence-electron chi connectivity index (χ1n) is 7.52. The summed E-state index contributed by atoms with van der Waals surface area (Å²) in [5.41, 5.74) is 1.30. The molecule has 106 valence electrons. The second kappa shape index (κ2) is 7.39. The van der Waals surface area contributed by atoms with Gasteiger partial charge in [0.15, 0.2) is 0 Å². The zero-order chi connectivity index (χ0) is 13.5. The lowest BCUT2D eigenvalue weighted by atomic mass is 10.1. The molecule has 3 heteroatoms. The van der Waals surface area contributed by atoms with Crippen LogP contribution in [-0.4, -0.2) is 32.8 Å². The minimum atomic E-state index is 0.674. The van der Waals surface area contributed by atoms with E-state index < -0.39 is 0 Å². The molecule has 3 nitrogen and oxygen atoms in total. The molecule has 0 spiro atoms. The summed E-state index contributed by atoms with van der Waals surface area (Å²) in [4.78, 5) is 2.42. The van der Waals surface area contributed by atoms with Gasteiger partial charge in [0.05, 0.1) is 6.61 Å². The standard InChI is InChI=1S/C16H26N2O/c1-3-14(4-2)13-19-16-7-5-15(6-8-16)18-11-9-17-10-12-18/h5-8,14,17H,3-4,9-13H2,1-2H3. The Morgan fingerprint density at radius 2 is 1.74 bits per heavy atom. The SMILES string of the molecule is CCC(CC)COc1ccc(N2CCNCC2)cc1. The van der Waals surface area contributed by atoms with Crippen molar-refractivity contribution in [2.24, 2.45) is 5.92 Å². The Morgan fingerprint density at radius 3 is 2.32 bits per heavy atom. The molecule has 0 aromatic heterocycles. The van der Waals surface area contributed by atoms with Gasteiger partial charge in [0.25, 0.3) is 0 Å². The molecule has 2 rings (SSSR count). The normalized spacial score (nSPS) is 15.8. The third kappa shape index (κ3) is 4.13. The van der Waals surface area contributed by atoms with Crippen LogP contribution in [0, 0.1) is 5.92 Å². The Balaban J connectivity index is 1.87. The monoisotopic (exact) mass is 262 g/mol. The summed E-state index contributed by atoms with van der Waals surface area (Å²) in [7, 11) is 0. The Hall–Kier alpha value is -1.22. The Labute approximate surface area is 116 Å². The van der Waals surface area contributed by atoms with Crippen LogP contribution in [0.4, 0.5) is 5.69 Å². The van der Waals surface area contributed by atoms with Crippen LogP contribution in [0.5, 0.6) is 5.75 Å². The van der Waals surface area contributed by atoms with Gasteiger partial charge in [0, 0.05) is 31.9 Å². The highest BCUT2D eigenvalue weighted by Crippen LogP contribution is 2.20. The summed E-state index contributed by atoms with van der Waals surface area (Å²) in [6.07, 6.45) is 2.38. The van der Waals surface area contributed by atoms with Gasteiger partial charge in [-0.2, -0.15) is 0 Å². The number of hydrogen-bond acceptors (Lipinski definition) is 3. The van der Waals surface area contributed by atoms with Crippen LogP contribution in [0.15, 0.2) is 24.3 Å². The highest BCUT2D eigenvalue weighted by Gasteiger charge is 2.10. The van der Waals surface area contributed by atoms with E-state index in [9.17, 15) is 0 Å². The molecule has 0 unspecified atom stereocenters. The first kappa shape index (κ1) is 14.2. The van der Waals surface area contributed by atoms with E-state index in [2.05, 4.69) is 48.3 Å². The van der Waals surface area contributed by atoms with Crippen molar-refractivity contribution in [3.63, 3.8) is 0 Å². The quantitative estimate of drug-likeness (QED) is 0.853. The van der Waals surface area contributed by atoms with Gasteiger partial charge in [-0.05, 0) is 30.2 Å². The van der Waals surface area contributed by atoms with E-state index in [4.69, 9.17) is 4.74 Å². The fourth-order valence-corrected chi connectivity index (χ4v) is 2.41. The van der Waals surface area contributed by atoms with Crippen molar-refractivity contribution in [2.45, 2.75) is 26.7 Å². The van der Waals surface area contributed by atoms with E-state index >= 15 is 0 Å². The maximum atomic E-state index is 5.86. The van der Waals surface area contributed by atoms with Crippen LogP contribution >= 0.6 is 0 Å². The summed E-state index contributed by atoms with van der Waals surface area (Å²) in [6.45, 7) is 9.62. The van der Waals surface area contributed by atoms with Gasteiger partial charge in [0.2, 0.25) is 0 Å². The highest BCUT2D eigenvalue weighted by atomic mass is 16.5. The molecule has 0 saturated carbocycles. The average Bonchev–Trinajstić information content (AvgIpc) is 2.50. The smallest absolute Gasteiger partial charge is 0.119 e. The van der Waals surface area contributed by atoms with Crippen molar-refractivity contribution >= 4 is 5.69 Å². The zero-order valence-corrected chi connectivity index (χ0v) is 12.2. The van der Waals surface area contributed by atoms with Crippen molar-refractivity contribution in [2.75, 3.05) is 37.7 Å². The molecular weight excluding hydrogens is 236 g/mol. The molecule has 1 aromatic rings. The van der Waals surface area contributed by atoms with Gasteiger partial charge < -0.3 is 15.0 Å². The van der Waals surface area contributed by atoms with Crippen molar-refractivity contribution in [3.8, 4) is 5.75 Å². The molecule has 1 fully saturated rings. The second-order valence-electron chi connectivity index (χ2n) is 5.22. The lowest BCUT2D eigenvalue weighted by molar-refractivity contribution is 0.240. The maximum Gasteiger partial charge on any atom is 0.119 e. The summed E-state index contributed by atoms with van der Waals surface area (Å²) in [6, 6.07) is 8.54. The van der Waals surface area contributed by atoms with E-state index in [1.54, 1.807) is 0 Å². The number of piperazine rings is 1. The third-order valence-corrected chi connectivity index (χ3v) is 3.96. The molecule has 0 aliphatic carbocycles. The number of rotatable bonds is 6. The molecule has 1 heterocycles. The van der Waals surface area contributed by atoms with Crippen LogP contribution < -0.4 is 15.0 Å². The average molecular weight is 262 g/mol. The lowest BCUT2D eigenvalue weighted by Crippen LogP contribution is -2.43. The number of hydrogen-bond donors (Lipinski definition) is 1. The minimum Gasteiger partial charge on any atom is -0.493 e. The van der Waals surface area contributed by atoms with Crippen LogP contribution in [0.25, 0.3) is 0 Å². The number of nitrogens with one attached hydrogen (secondary N) is 1. The van der Waals surface area contributed by atoms with Crippen molar-refractivity contribution in [1.82, 2.24) is 5.32 Å². The Morgan fingerprint density at radius 1 is 1.11 bits per heavy atom. The summed E-state index contributed by atoms with van der Waals surface area (Å²) in [5.74, 6) is 1.67. The maximum absolute atomic E-state index is 5.86. The number of ether oxygens (including phenoxy) is 1. The number of benzene rings is 1. The van der Waals surface area contributed by atoms with Crippen molar-refractivity contribution in [3.05, 3.63) is 24.3 Å². The molecule has 19 heavy (non-hydrogen) atoms. The van der Waals surface area contributed by atoms with Gasteiger partial charge in [-0.25, -0.2) is 0 Å². The van der Waals surface area contributed by atoms with E-state index in [0.29, 0.717) is 5.92 Å². The van der Waals surface area contributed by atoms with Crippen LogP contribution in [0.1, 0.15) is 26.7 Å². The van der Waals surface area contributed by atoms with E-state index in [0.717, 1.165) is 38.5 Å². The number of nitrogens with zero attached hydrogens (tertiary/aromatic N) is 1. The molecule has 1 aliphatic heterocycles. The van der Waals surface area contributed by atoms with Gasteiger partial charge in [-0.1, -0.05) is 26.7 Å². The molecule has 0 radical (unpaired) electrons. The van der Waals surface area contributed by atoms with Crippen molar-refractivity contribution in [1.29, 1.82) is 0 Å². The van der Waals surface area contributed by atoms with Gasteiger partial charge in [-0.3, -0.25) is 0 Å². The fraction of sp³-hybridized carbons (Fsp3) is 0.625. The predicted molar refractivity (Wildman–Crippen MR) is 81.1 cm³/mol. The molecule has 1 aliphatic rings. The Bertz CT molecular complexity index is 354. The second-order valence-corrected chi connectivity index (χ2v) is 5.22. The highest BCUT2D eigenvalue weighted by molar-refractivity contribution is 5.49. The molecular formula is C16H26N2O. The third-order valence-electron chi connectivity index (χ3n) is 3.96. The molecule has 0 amide bonds. The van der Waals surface area contributed by atoms with Crippen LogP contribution in [-0.2, 0) is 0 Å². The molecule has 0 bridgehead atoms. The van der Waals surface area contributed by atoms with Gasteiger partial charge in [-0.15, -0.1) is 0 Å². The predicted octanol–water partition coefficient (Wildman–Crippen LogP) is 2.91. The zero-order valence-electron chi connectivity index (χ0n) is 12.2. The summed E-state index contributed by atoms with van der Waals surface area (Å²) in [5, 5.41) is 3.38. The minimum absolute atomic E-state index is 0.674. The van der Waals surface area contributed by atoms with Crippen LogP contribution in [0.2, 0.25) is 0 Å². The first-order valence-corrected chi connectivity index (χ1v) is 7.52.